The number of carbonyl (C=O) groups is 2. The Morgan fingerprint density at radius 1 is 1.13 bits per heavy atom. The van der Waals surface area contributed by atoms with Crippen molar-refractivity contribution in [2.75, 3.05) is 43.5 Å². The summed E-state index contributed by atoms with van der Waals surface area (Å²) < 4.78 is 32.9. The molecule has 0 spiro atoms. The number of piperazine rings is 1. The number of rotatable bonds is 5. The Morgan fingerprint density at radius 3 is 2.52 bits per heavy atom. The van der Waals surface area contributed by atoms with Crippen molar-refractivity contribution >= 4 is 23.1 Å². The van der Waals surface area contributed by atoms with Gasteiger partial charge in [-0.15, -0.1) is 0 Å². The molecule has 1 heterocycles. The van der Waals surface area contributed by atoms with Crippen LogP contribution >= 0.6 is 0 Å². The van der Waals surface area contributed by atoms with Crippen LogP contribution in [0.3, 0.4) is 0 Å². The van der Waals surface area contributed by atoms with E-state index in [1.165, 1.54) is 19.2 Å². The molecule has 0 radical (unpaired) electrons. The van der Waals surface area contributed by atoms with Gasteiger partial charge in [0.15, 0.2) is 17.4 Å². The van der Waals surface area contributed by atoms with Crippen LogP contribution in [0.2, 0.25) is 0 Å². The van der Waals surface area contributed by atoms with Gasteiger partial charge < -0.3 is 15.0 Å². The third-order valence-corrected chi connectivity index (χ3v) is 5.86. The summed E-state index contributed by atoms with van der Waals surface area (Å²) in [6, 6.07) is 8.11. The van der Waals surface area contributed by atoms with Gasteiger partial charge in [0.05, 0.1) is 13.7 Å². The first-order chi connectivity index (χ1) is 14.8. The fourth-order valence-electron chi connectivity index (χ4n) is 4.40. The van der Waals surface area contributed by atoms with Gasteiger partial charge >= 0.3 is 0 Å². The minimum absolute atomic E-state index is 0.0280. The Bertz CT molecular complexity index is 1000. The highest BCUT2D eigenvalue weighted by atomic mass is 19.1. The number of hydrogen-bond acceptors (Lipinski definition) is 5. The molecule has 1 N–H and O–H groups in total. The maximum absolute atomic E-state index is 14.1. The van der Waals surface area contributed by atoms with E-state index in [0.717, 1.165) is 11.1 Å². The number of anilines is 2. The standard InChI is InChI=1S/C23H25F2N3O3/c1-14-12-27(5-6-28(14)18-10-20(24)23(31-2)21(25)11-18)13-22(30)26-17-4-3-15-8-19(29)9-16(15)7-17/h3-4,7,10-11,14H,5-6,8-9,12-13H2,1-2H3,(H,26,30)/t14-/m1/s1. The Labute approximate surface area is 179 Å². The van der Waals surface area contributed by atoms with Crippen LogP contribution in [0.1, 0.15) is 18.1 Å². The highest BCUT2D eigenvalue weighted by Gasteiger charge is 2.27. The topological polar surface area (TPSA) is 61.9 Å². The van der Waals surface area contributed by atoms with Crippen molar-refractivity contribution in [3.63, 3.8) is 0 Å². The van der Waals surface area contributed by atoms with Gasteiger partial charge in [0.2, 0.25) is 5.91 Å². The Balaban J connectivity index is 1.35. The van der Waals surface area contributed by atoms with Crippen LogP contribution in [0.4, 0.5) is 20.2 Å². The third-order valence-electron chi connectivity index (χ3n) is 5.86. The minimum atomic E-state index is -0.734. The Kier molecular flexibility index (Phi) is 5.91. The monoisotopic (exact) mass is 429 g/mol. The zero-order chi connectivity index (χ0) is 22.1. The number of fused-ring (bicyclic) bond motifs is 1. The lowest BCUT2D eigenvalue weighted by Gasteiger charge is -2.41. The average Bonchev–Trinajstić information content (AvgIpc) is 3.07. The largest absolute Gasteiger partial charge is 0.491 e. The predicted molar refractivity (Wildman–Crippen MR) is 114 cm³/mol. The van der Waals surface area contributed by atoms with Crippen LogP contribution in [0.5, 0.6) is 5.75 Å². The highest BCUT2D eigenvalue weighted by Crippen LogP contribution is 2.29. The Morgan fingerprint density at radius 2 is 1.84 bits per heavy atom. The average molecular weight is 429 g/mol. The van der Waals surface area contributed by atoms with E-state index in [2.05, 4.69) is 5.32 Å². The van der Waals surface area contributed by atoms with Crippen molar-refractivity contribution in [2.45, 2.75) is 25.8 Å². The number of halogens is 2. The zero-order valence-corrected chi connectivity index (χ0v) is 17.6. The number of carbonyl (C=O) groups excluding carboxylic acids is 2. The van der Waals surface area contributed by atoms with E-state index in [4.69, 9.17) is 4.74 Å². The lowest BCUT2D eigenvalue weighted by Crippen LogP contribution is -2.53. The molecule has 1 aliphatic heterocycles. The molecule has 2 aromatic rings. The number of ketones is 1. The van der Waals surface area contributed by atoms with Crippen LogP contribution in [-0.2, 0) is 22.4 Å². The van der Waals surface area contributed by atoms with Gasteiger partial charge in [0.25, 0.3) is 0 Å². The number of methoxy groups -OCH3 is 1. The van der Waals surface area contributed by atoms with Crippen LogP contribution < -0.4 is 15.0 Å². The summed E-state index contributed by atoms with van der Waals surface area (Å²) in [6.07, 6.45) is 0.888. The van der Waals surface area contributed by atoms with Gasteiger partial charge in [-0.25, -0.2) is 8.78 Å². The molecule has 31 heavy (non-hydrogen) atoms. The molecule has 8 heteroatoms. The van der Waals surface area contributed by atoms with Crippen molar-refractivity contribution < 1.29 is 23.1 Å². The van der Waals surface area contributed by atoms with Crippen molar-refractivity contribution in [3.05, 3.63) is 53.1 Å². The molecule has 4 rings (SSSR count). The fourth-order valence-corrected chi connectivity index (χ4v) is 4.40. The second-order valence-electron chi connectivity index (χ2n) is 8.14. The van der Waals surface area contributed by atoms with Gasteiger partial charge in [-0.1, -0.05) is 6.07 Å². The van der Waals surface area contributed by atoms with Crippen molar-refractivity contribution in [1.29, 1.82) is 0 Å². The molecule has 0 unspecified atom stereocenters. The molecule has 0 saturated carbocycles. The number of benzene rings is 2. The lowest BCUT2D eigenvalue weighted by molar-refractivity contribution is -0.118. The van der Waals surface area contributed by atoms with E-state index >= 15 is 0 Å². The summed E-state index contributed by atoms with van der Waals surface area (Å²) in [6.45, 7) is 3.90. The first-order valence-electron chi connectivity index (χ1n) is 10.3. The van der Waals surface area contributed by atoms with E-state index in [-0.39, 0.29) is 30.0 Å². The van der Waals surface area contributed by atoms with Crippen molar-refractivity contribution in [3.8, 4) is 5.75 Å². The van der Waals surface area contributed by atoms with E-state index in [9.17, 15) is 18.4 Å². The minimum Gasteiger partial charge on any atom is -0.491 e. The van der Waals surface area contributed by atoms with Crippen LogP contribution in [0, 0.1) is 11.6 Å². The van der Waals surface area contributed by atoms with Gasteiger partial charge in [-0.3, -0.25) is 14.5 Å². The van der Waals surface area contributed by atoms with Gasteiger partial charge in [0, 0.05) is 62.0 Å². The van der Waals surface area contributed by atoms with E-state index in [0.29, 0.717) is 43.9 Å². The maximum atomic E-state index is 14.1. The molecule has 1 atom stereocenters. The number of hydrogen-bond donors (Lipinski definition) is 1. The molecule has 0 aromatic heterocycles. The quantitative estimate of drug-likeness (QED) is 0.792. The predicted octanol–water partition coefficient (Wildman–Crippen LogP) is 2.79. The van der Waals surface area contributed by atoms with Crippen LogP contribution in [-0.4, -0.2) is 55.9 Å². The first-order valence-corrected chi connectivity index (χ1v) is 10.3. The molecule has 164 valence electrons. The van der Waals surface area contributed by atoms with Crippen molar-refractivity contribution in [2.24, 2.45) is 0 Å². The lowest BCUT2D eigenvalue weighted by atomic mass is 10.1. The summed E-state index contributed by atoms with van der Waals surface area (Å²) in [7, 11) is 1.23. The summed E-state index contributed by atoms with van der Waals surface area (Å²) in [5.41, 5.74) is 3.15. The fraction of sp³-hybridized carbons (Fsp3) is 0.391. The number of nitrogens with zero attached hydrogens (tertiary/aromatic N) is 2. The van der Waals surface area contributed by atoms with E-state index in [1.807, 2.05) is 34.9 Å². The number of Topliss-reactive ketones (excluding diaryl/α,β-unsaturated/α-hetero) is 1. The third kappa shape index (κ3) is 4.54. The Hall–Kier alpha value is -3.00. The van der Waals surface area contributed by atoms with Gasteiger partial charge in [-0.05, 0) is 30.2 Å². The summed E-state index contributed by atoms with van der Waals surface area (Å²) in [5.74, 6) is -1.79. The number of nitrogens with one attached hydrogen (secondary N) is 1. The molecular weight excluding hydrogens is 404 g/mol. The van der Waals surface area contributed by atoms with E-state index in [1.54, 1.807) is 0 Å². The highest BCUT2D eigenvalue weighted by molar-refractivity contribution is 5.93. The summed E-state index contributed by atoms with van der Waals surface area (Å²) >= 11 is 0. The number of amides is 1. The van der Waals surface area contributed by atoms with Gasteiger partial charge in [-0.2, -0.15) is 0 Å². The first kappa shape index (κ1) is 21.2. The molecule has 1 amide bonds. The van der Waals surface area contributed by atoms with Crippen LogP contribution in [0.25, 0.3) is 0 Å². The van der Waals surface area contributed by atoms with Crippen LogP contribution in [0.15, 0.2) is 30.3 Å². The zero-order valence-electron chi connectivity index (χ0n) is 17.6. The second kappa shape index (κ2) is 8.63. The summed E-state index contributed by atoms with van der Waals surface area (Å²) in [5, 5.41) is 2.90. The van der Waals surface area contributed by atoms with Crippen molar-refractivity contribution in [1.82, 2.24) is 4.90 Å². The molecular formula is C23H25F2N3O3. The summed E-state index contributed by atoms with van der Waals surface area (Å²) in [4.78, 5) is 28.0. The van der Waals surface area contributed by atoms with Gasteiger partial charge in [0.1, 0.15) is 5.78 Å². The molecule has 1 saturated heterocycles. The molecule has 2 aromatic carbocycles. The molecule has 0 bridgehead atoms. The molecule has 1 aliphatic carbocycles. The molecule has 2 aliphatic rings. The smallest absolute Gasteiger partial charge is 0.238 e. The molecule has 6 nitrogen and oxygen atoms in total. The second-order valence-corrected chi connectivity index (χ2v) is 8.14. The van der Waals surface area contributed by atoms with E-state index < -0.39 is 11.6 Å². The number of ether oxygens (including phenoxy) is 1. The SMILES string of the molecule is COc1c(F)cc(N2CCN(CC(=O)Nc3ccc4c(c3)CC(=O)C4)C[C@H]2C)cc1F. The molecule has 1 fully saturated rings. The normalized spacial score (nSPS) is 18.8. The maximum Gasteiger partial charge on any atom is 0.238 e.